The largest absolute Gasteiger partial charge is 0.504 e. The molecule has 8 heteroatoms. The molecule has 1 aliphatic rings. The van der Waals surface area contributed by atoms with Gasteiger partial charge in [-0.05, 0) is 83.8 Å². The van der Waals surface area contributed by atoms with Gasteiger partial charge in [-0.15, -0.1) is 0 Å². The summed E-state index contributed by atoms with van der Waals surface area (Å²) < 4.78 is 6.02. The van der Waals surface area contributed by atoms with E-state index in [1.165, 1.54) is 6.08 Å². The van der Waals surface area contributed by atoms with E-state index in [2.05, 4.69) is 0 Å². The van der Waals surface area contributed by atoms with Gasteiger partial charge < -0.3 is 9.84 Å². The second kappa shape index (κ2) is 10.3. The molecule has 0 radical (unpaired) electrons. The minimum absolute atomic E-state index is 0.0234. The average molecular weight is 618 g/mol. The second-order valence-corrected chi connectivity index (χ2v) is 9.90. The number of phenolic OH excluding ortho intramolecular Hbond substituents is 1. The van der Waals surface area contributed by atoms with Gasteiger partial charge in [0.15, 0.2) is 11.5 Å². The number of benzene rings is 4. The lowest BCUT2D eigenvalue weighted by atomic mass is 10.0. The number of hydrogen-bond acceptors (Lipinski definition) is 5. The lowest BCUT2D eigenvalue weighted by Crippen LogP contribution is -2.57. The Morgan fingerprint density at radius 2 is 1.58 bits per heavy atom. The minimum atomic E-state index is -0.757. The van der Waals surface area contributed by atoms with E-state index in [4.69, 9.17) is 4.74 Å². The molecule has 0 saturated carbocycles. The fourth-order valence-corrected chi connectivity index (χ4v) is 5.00. The third-order valence-corrected chi connectivity index (χ3v) is 7.03. The third-order valence-electron chi connectivity index (χ3n) is 6.21. The number of imide groups is 2. The molecule has 1 aliphatic heterocycles. The zero-order valence-electron chi connectivity index (χ0n) is 20.6. The van der Waals surface area contributed by atoms with Crippen molar-refractivity contribution in [2.24, 2.45) is 0 Å². The highest BCUT2D eigenvalue weighted by Gasteiger charge is 2.44. The SMILES string of the molecule is CCOc1cc(/C=C2\C(=O)N(c3ccc(C)cc3)C(=O)N(c3cccc4ccccc34)C2=O)cc(I)c1O. The van der Waals surface area contributed by atoms with E-state index >= 15 is 0 Å². The quantitative estimate of drug-likeness (QED) is 0.158. The van der Waals surface area contributed by atoms with E-state index in [1.54, 1.807) is 55.5 Å². The Bertz CT molecular complexity index is 1620. The number of rotatable bonds is 5. The summed E-state index contributed by atoms with van der Waals surface area (Å²) in [6.07, 6.45) is 1.43. The van der Waals surface area contributed by atoms with Gasteiger partial charge in [0.2, 0.25) is 0 Å². The number of hydrogen-bond donors (Lipinski definition) is 1. The molecule has 1 saturated heterocycles. The molecule has 0 unspecified atom stereocenters. The smallest absolute Gasteiger partial charge is 0.343 e. The van der Waals surface area contributed by atoms with Crippen molar-refractivity contribution in [3.05, 3.63) is 99.1 Å². The van der Waals surface area contributed by atoms with Crippen LogP contribution in [-0.4, -0.2) is 29.6 Å². The first-order valence-electron chi connectivity index (χ1n) is 11.9. The van der Waals surface area contributed by atoms with Gasteiger partial charge in [0.05, 0.1) is 21.6 Å². The molecule has 0 bridgehead atoms. The molecular formula is C30H23IN2O5. The van der Waals surface area contributed by atoms with Crippen molar-refractivity contribution in [3.8, 4) is 11.5 Å². The zero-order chi connectivity index (χ0) is 27.0. The number of urea groups is 1. The predicted molar refractivity (Wildman–Crippen MR) is 155 cm³/mol. The van der Waals surface area contributed by atoms with Crippen LogP contribution in [0.4, 0.5) is 16.2 Å². The van der Waals surface area contributed by atoms with Crippen LogP contribution in [0.3, 0.4) is 0 Å². The van der Waals surface area contributed by atoms with Crippen molar-refractivity contribution in [1.29, 1.82) is 0 Å². The van der Waals surface area contributed by atoms with Crippen LogP contribution in [0.5, 0.6) is 11.5 Å². The predicted octanol–water partition coefficient (Wildman–Crippen LogP) is 6.44. The van der Waals surface area contributed by atoms with Crippen LogP contribution >= 0.6 is 22.6 Å². The first-order valence-corrected chi connectivity index (χ1v) is 13.0. The summed E-state index contributed by atoms with van der Waals surface area (Å²) >= 11 is 1.96. The van der Waals surface area contributed by atoms with Gasteiger partial charge in [0.1, 0.15) is 5.57 Å². The Labute approximate surface area is 233 Å². The molecule has 1 fully saturated rings. The van der Waals surface area contributed by atoms with Gasteiger partial charge in [-0.1, -0.05) is 54.1 Å². The van der Waals surface area contributed by atoms with Gasteiger partial charge >= 0.3 is 6.03 Å². The van der Waals surface area contributed by atoms with Crippen molar-refractivity contribution >= 4 is 68.7 Å². The summed E-state index contributed by atoms with van der Waals surface area (Å²) in [4.78, 5) is 43.5. The fraction of sp³-hybridized carbons (Fsp3) is 0.100. The fourth-order valence-electron chi connectivity index (χ4n) is 4.38. The topological polar surface area (TPSA) is 87.2 Å². The van der Waals surface area contributed by atoms with Crippen molar-refractivity contribution in [2.75, 3.05) is 16.4 Å². The first kappa shape index (κ1) is 25.5. The maximum Gasteiger partial charge on any atom is 0.343 e. The number of ether oxygens (including phenoxy) is 1. The Kier molecular flexibility index (Phi) is 6.90. The molecule has 38 heavy (non-hydrogen) atoms. The molecule has 4 amide bonds. The number of carbonyl (C=O) groups excluding carboxylic acids is 3. The molecule has 190 valence electrons. The molecule has 0 spiro atoms. The lowest BCUT2D eigenvalue weighted by Gasteiger charge is -2.34. The van der Waals surface area contributed by atoms with Crippen molar-refractivity contribution in [3.63, 3.8) is 0 Å². The van der Waals surface area contributed by atoms with Gasteiger partial charge in [0.25, 0.3) is 11.8 Å². The Morgan fingerprint density at radius 3 is 2.32 bits per heavy atom. The highest BCUT2D eigenvalue weighted by atomic mass is 127. The van der Waals surface area contributed by atoms with Crippen LogP contribution in [0.25, 0.3) is 16.8 Å². The Balaban J connectivity index is 1.71. The Morgan fingerprint density at radius 1 is 0.895 bits per heavy atom. The van der Waals surface area contributed by atoms with Crippen molar-refractivity contribution in [2.45, 2.75) is 13.8 Å². The number of aromatic hydroxyl groups is 1. The number of aryl methyl sites for hydroxylation is 1. The summed E-state index contributed by atoms with van der Waals surface area (Å²) in [5.41, 5.74) is 1.98. The van der Waals surface area contributed by atoms with Crippen molar-refractivity contribution < 1.29 is 24.2 Å². The number of anilines is 2. The molecule has 7 nitrogen and oxygen atoms in total. The van der Waals surface area contributed by atoms with Crippen LogP contribution in [0.1, 0.15) is 18.1 Å². The normalized spacial score (nSPS) is 15.0. The molecular weight excluding hydrogens is 595 g/mol. The Hall–Kier alpha value is -4.18. The average Bonchev–Trinajstić information content (AvgIpc) is 2.91. The van der Waals surface area contributed by atoms with Gasteiger partial charge in [-0.25, -0.2) is 14.6 Å². The molecule has 1 N–H and O–H groups in total. The highest BCUT2D eigenvalue weighted by molar-refractivity contribution is 14.1. The number of halogens is 1. The summed E-state index contributed by atoms with van der Waals surface area (Å²) in [6.45, 7) is 4.02. The van der Waals surface area contributed by atoms with Crippen LogP contribution in [0.15, 0.2) is 84.4 Å². The molecule has 1 heterocycles. The number of nitrogens with zero attached hydrogens (tertiary/aromatic N) is 2. The van der Waals surface area contributed by atoms with E-state index < -0.39 is 17.8 Å². The van der Waals surface area contributed by atoms with Crippen LogP contribution < -0.4 is 14.5 Å². The summed E-state index contributed by atoms with van der Waals surface area (Å²) in [7, 11) is 0. The third kappa shape index (κ3) is 4.51. The number of phenols is 1. The van der Waals surface area contributed by atoms with E-state index in [1.807, 2.05) is 59.8 Å². The monoisotopic (exact) mass is 618 g/mol. The number of fused-ring (bicyclic) bond motifs is 1. The van der Waals surface area contributed by atoms with E-state index in [0.717, 1.165) is 20.7 Å². The number of barbiturate groups is 1. The van der Waals surface area contributed by atoms with Crippen LogP contribution in [0.2, 0.25) is 0 Å². The van der Waals surface area contributed by atoms with E-state index in [0.29, 0.717) is 32.5 Å². The second-order valence-electron chi connectivity index (χ2n) is 8.74. The first-order chi connectivity index (χ1) is 18.3. The molecule has 5 rings (SSSR count). The molecule has 0 aliphatic carbocycles. The van der Waals surface area contributed by atoms with Crippen LogP contribution in [-0.2, 0) is 9.59 Å². The van der Waals surface area contributed by atoms with E-state index in [9.17, 15) is 19.5 Å². The molecule has 0 atom stereocenters. The highest BCUT2D eigenvalue weighted by Crippen LogP contribution is 2.36. The van der Waals surface area contributed by atoms with Gasteiger partial charge in [-0.3, -0.25) is 9.59 Å². The van der Waals surface area contributed by atoms with Crippen molar-refractivity contribution in [1.82, 2.24) is 0 Å². The van der Waals surface area contributed by atoms with Gasteiger partial charge in [-0.2, -0.15) is 0 Å². The molecule has 4 aromatic rings. The summed E-state index contributed by atoms with van der Waals surface area (Å²) in [5, 5.41) is 11.9. The summed E-state index contributed by atoms with van der Waals surface area (Å²) in [5.74, 6) is -1.26. The zero-order valence-corrected chi connectivity index (χ0v) is 22.8. The summed E-state index contributed by atoms with van der Waals surface area (Å²) in [6, 6.07) is 22.2. The standard InChI is InChI=1S/C30H23IN2O5/c1-3-38-26-17-19(16-24(31)27(26)34)15-23-28(35)32(21-13-11-18(2)12-14-21)30(37)33(29(23)36)25-10-6-8-20-7-4-5-9-22(20)25/h4-17,34H,3H2,1-2H3/b23-15+. The maximum atomic E-state index is 13.9. The minimum Gasteiger partial charge on any atom is -0.504 e. The van der Waals surface area contributed by atoms with Gasteiger partial charge in [0, 0.05) is 5.39 Å². The number of amides is 4. The molecule has 0 aromatic heterocycles. The van der Waals surface area contributed by atoms with E-state index in [-0.39, 0.29) is 17.1 Å². The lowest BCUT2D eigenvalue weighted by molar-refractivity contribution is -0.121. The van der Waals surface area contributed by atoms with Crippen LogP contribution in [0, 0.1) is 10.5 Å². The molecule has 4 aromatic carbocycles. The number of carbonyl (C=O) groups is 3. The maximum absolute atomic E-state index is 13.9.